The lowest BCUT2D eigenvalue weighted by Gasteiger charge is -2.32. The topological polar surface area (TPSA) is 88.8 Å². The zero-order valence-electron chi connectivity index (χ0n) is 18.1. The van der Waals surface area contributed by atoms with Gasteiger partial charge in [-0.25, -0.2) is 0 Å². The fourth-order valence-corrected chi connectivity index (χ4v) is 4.76. The molecule has 1 atom stereocenters. The average Bonchev–Trinajstić information content (AvgIpc) is 3.28. The molecule has 0 saturated carbocycles. The SMILES string of the molecule is COc1ccc2c(c1)C(=O)N(CC1(c3cc4cc(C)ccc4o3)CCCC(=O)NC1=O)C2. The van der Waals surface area contributed by atoms with Gasteiger partial charge in [0, 0.05) is 30.5 Å². The van der Waals surface area contributed by atoms with Crippen LogP contribution in [0.5, 0.6) is 5.75 Å². The van der Waals surface area contributed by atoms with Crippen LogP contribution in [0.2, 0.25) is 0 Å². The fourth-order valence-electron chi connectivity index (χ4n) is 4.76. The highest BCUT2D eigenvalue weighted by Crippen LogP contribution is 2.39. The molecule has 1 unspecified atom stereocenters. The molecule has 32 heavy (non-hydrogen) atoms. The zero-order chi connectivity index (χ0) is 22.5. The fraction of sp³-hybridized carbons (Fsp3) is 0.320. The predicted octanol–water partition coefficient (Wildman–Crippen LogP) is 3.47. The molecule has 3 aromatic rings. The van der Waals surface area contributed by atoms with Gasteiger partial charge in [-0.1, -0.05) is 17.7 Å². The van der Waals surface area contributed by atoms with E-state index in [1.807, 2.05) is 43.3 Å². The van der Waals surface area contributed by atoms with Crippen LogP contribution in [0, 0.1) is 6.92 Å². The number of carbonyl (C=O) groups is 3. The molecule has 2 aromatic carbocycles. The summed E-state index contributed by atoms with van der Waals surface area (Å²) >= 11 is 0. The number of amides is 3. The van der Waals surface area contributed by atoms with E-state index in [9.17, 15) is 14.4 Å². The highest BCUT2D eigenvalue weighted by Gasteiger charge is 2.48. The molecule has 0 radical (unpaired) electrons. The largest absolute Gasteiger partial charge is 0.497 e. The summed E-state index contributed by atoms with van der Waals surface area (Å²) in [5.74, 6) is 0.209. The van der Waals surface area contributed by atoms with E-state index >= 15 is 0 Å². The minimum absolute atomic E-state index is 0.126. The second-order valence-corrected chi connectivity index (χ2v) is 8.65. The number of imide groups is 1. The monoisotopic (exact) mass is 432 g/mol. The van der Waals surface area contributed by atoms with Crippen molar-refractivity contribution in [3.8, 4) is 5.75 Å². The van der Waals surface area contributed by atoms with Crippen LogP contribution in [0.4, 0.5) is 0 Å². The first-order valence-electron chi connectivity index (χ1n) is 10.7. The number of hydrogen-bond donors (Lipinski definition) is 1. The molecule has 0 spiro atoms. The van der Waals surface area contributed by atoms with Gasteiger partial charge in [-0.2, -0.15) is 0 Å². The van der Waals surface area contributed by atoms with Crippen molar-refractivity contribution in [2.45, 2.75) is 38.1 Å². The molecule has 1 aromatic heterocycles. The van der Waals surface area contributed by atoms with Crippen LogP contribution in [-0.4, -0.2) is 36.3 Å². The molecule has 3 heterocycles. The lowest BCUT2D eigenvalue weighted by Crippen LogP contribution is -2.51. The molecule has 164 valence electrons. The van der Waals surface area contributed by atoms with Gasteiger partial charge in [-0.05, 0) is 55.7 Å². The minimum Gasteiger partial charge on any atom is -0.497 e. The van der Waals surface area contributed by atoms with E-state index in [2.05, 4.69) is 5.32 Å². The van der Waals surface area contributed by atoms with Gasteiger partial charge in [0.15, 0.2) is 0 Å². The Hall–Kier alpha value is -3.61. The summed E-state index contributed by atoms with van der Waals surface area (Å²) < 4.78 is 11.4. The molecule has 1 saturated heterocycles. The third-order valence-electron chi connectivity index (χ3n) is 6.50. The van der Waals surface area contributed by atoms with E-state index in [0.717, 1.165) is 16.5 Å². The van der Waals surface area contributed by atoms with Crippen LogP contribution in [-0.2, 0) is 21.5 Å². The third-order valence-corrected chi connectivity index (χ3v) is 6.50. The van der Waals surface area contributed by atoms with Crippen LogP contribution in [0.25, 0.3) is 11.0 Å². The van der Waals surface area contributed by atoms with Crippen molar-refractivity contribution in [1.29, 1.82) is 0 Å². The number of carbonyl (C=O) groups excluding carboxylic acids is 3. The summed E-state index contributed by atoms with van der Waals surface area (Å²) in [5.41, 5.74) is 2.06. The number of furan rings is 1. The van der Waals surface area contributed by atoms with Gasteiger partial charge in [-0.15, -0.1) is 0 Å². The minimum atomic E-state index is -1.15. The Morgan fingerprint density at radius 1 is 1.12 bits per heavy atom. The van der Waals surface area contributed by atoms with E-state index in [4.69, 9.17) is 9.15 Å². The predicted molar refractivity (Wildman–Crippen MR) is 117 cm³/mol. The maximum atomic E-state index is 13.4. The van der Waals surface area contributed by atoms with Crippen molar-refractivity contribution in [1.82, 2.24) is 10.2 Å². The van der Waals surface area contributed by atoms with E-state index < -0.39 is 11.3 Å². The molecule has 3 amide bonds. The molecule has 1 N–H and O–H groups in total. The van der Waals surface area contributed by atoms with Gasteiger partial charge >= 0.3 is 0 Å². The van der Waals surface area contributed by atoms with Gasteiger partial charge < -0.3 is 14.1 Å². The van der Waals surface area contributed by atoms with Crippen LogP contribution in [0.3, 0.4) is 0 Å². The van der Waals surface area contributed by atoms with Crippen LogP contribution in [0.1, 0.15) is 46.5 Å². The molecule has 2 aliphatic rings. The van der Waals surface area contributed by atoms with Crippen LogP contribution in [0.15, 0.2) is 46.9 Å². The molecule has 2 aliphatic heterocycles. The van der Waals surface area contributed by atoms with Crippen LogP contribution >= 0.6 is 0 Å². The average molecular weight is 432 g/mol. The summed E-state index contributed by atoms with van der Waals surface area (Å²) in [6.45, 7) is 2.51. The number of rotatable bonds is 4. The Morgan fingerprint density at radius 2 is 1.97 bits per heavy atom. The molecule has 7 nitrogen and oxygen atoms in total. The molecule has 7 heteroatoms. The van der Waals surface area contributed by atoms with E-state index in [-0.39, 0.29) is 24.8 Å². The second kappa shape index (κ2) is 7.51. The van der Waals surface area contributed by atoms with E-state index in [1.165, 1.54) is 0 Å². The summed E-state index contributed by atoms with van der Waals surface area (Å²) in [6, 6.07) is 13.1. The van der Waals surface area contributed by atoms with Crippen molar-refractivity contribution in [3.05, 3.63) is 64.9 Å². The third kappa shape index (κ3) is 3.25. The Balaban J connectivity index is 1.57. The standard InChI is InChI=1S/C25H24N2O5/c1-15-5-8-20-17(10-15)11-21(32-20)25(9-3-4-22(28)26-24(25)30)14-27-13-16-6-7-18(31-2)12-19(16)23(27)29/h5-8,10-12H,3-4,9,13-14H2,1-2H3,(H,26,28,30). The number of nitrogens with one attached hydrogen (secondary N) is 1. The maximum Gasteiger partial charge on any atom is 0.254 e. The van der Waals surface area contributed by atoms with Crippen LogP contribution < -0.4 is 10.1 Å². The maximum absolute atomic E-state index is 13.4. The highest BCUT2D eigenvalue weighted by atomic mass is 16.5. The Bertz CT molecular complexity index is 1260. The smallest absolute Gasteiger partial charge is 0.254 e. The van der Waals surface area contributed by atoms with Gasteiger partial charge in [0.1, 0.15) is 22.5 Å². The number of fused-ring (bicyclic) bond motifs is 2. The lowest BCUT2D eigenvalue weighted by atomic mass is 9.79. The molecule has 0 bridgehead atoms. The highest BCUT2D eigenvalue weighted by molar-refractivity contribution is 6.03. The number of ether oxygens (including phenoxy) is 1. The number of nitrogens with zero attached hydrogens (tertiary/aromatic N) is 1. The Kier molecular flexibility index (Phi) is 4.77. The lowest BCUT2D eigenvalue weighted by molar-refractivity contribution is -0.133. The number of benzene rings is 2. The first-order chi connectivity index (χ1) is 15.4. The number of hydrogen-bond acceptors (Lipinski definition) is 5. The van der Waals surface area contributed by atoms with E-state index in [1.54, 1.807) is 18.1 Å². The van der Waals surface area contributed by atoms with Crippen molar-refractivity contribution in [2.24, 2.45) is 0 Å². The summed E-state index contributed by atoms with van der Waals surface area (Å²) in [4.78, 5) is 40.4. The van der Waals surface area contributed by atoms with Crippen molar-refractivity contribution in [3.63, 3.8) is 0 Å². The van der Waals surface area contributed by atoms with E-state index in [0.29, 0.717) is 42.0 Å². The summed E-state index contributed by atoms with van der Waals surface area (Å²) in [7, 11) is 1.56. The molecule has 5 rings (SSSR count). The Morgan fingerprint density at radius 3 is 2.78 bits per heavy atom. The van der Waals surface area contributed by atoms with Crippen molar-refractivity contribution < 1.29 is 23.5 Å². The van der Waals surface area contributed by atoms with Gasteiger partial charge in [-0.3, -0.25) is 19.7 Å². The quantitative estimate of drug-likeness (QED) is 0.638. The summed E-state index contributed by atoms with van der Waals surface area (Å²) in [5, 5.41) is 3.41. The normalized spacial score (nSPS) is 20.9. The van der Waals surface area contributed by atoms with Gasteiger partial charge in [0.2, 0.25) is 11.8 Å². The van der Waals surface area contributed by atoms with Crippen molar-refractivity contribution in [2.75, 3.05) is 13.7 Å². The van der Waals surface area contributed by atoms with Crippen molar-refractivity contribution >= 4 is 28.7 Å². The summed E-state index contributed by atoms with van der Waals surface area (Å²) in [6.07, 6.45) is 1.20. The number of methoxy groups -OCH3 is 1. The molecule has 1 fully saturated rings. The zero-order valence-corrected chi connectivity index (χ0v) is 18.1. The molecule has 0 aliphatic carbocycles. The second-order valence-electron chi connectivity index (χ2n) is 8.65. The number of aryl methyl sites for hydroxylation is 1. The first-order valence-corrected chi connectivity index (χ1v) is 10.7. The molecular weight excluding hydrogens is 408 g/mol. The molecular formula is C25H24N2O5. The van der Waals surface area contributed by atoms with Gasteiger partial charge in [0.25, 0.3) is 5.91 Å². The Labute approximate surface area is 185 Å². The first kappa shape index (κ1) is 20.3. The van der Waals surface area contributed by atoms with Gasteiger partial charge in [0.05, 0.1) is 7.11 Å².